The number of benzene rings is 10. The molecule has 0 aliphatic heterocycles. The van der Waals surface area contributed by atoms with Crippen LogP contribution in [-0.2, 0) is 82.2 Å². The fourth-order valence-electron chi connectivity index (χ4n) is 13.1. The number of aryl methyl sites for hydroxylation is 1. The second-order valence-electron chi connectivity index (χ2n) is 26.5. The minimum atomic E-state index is -3.78. The molecule has 10 aromatic rings. The molecule has 0 unspecified atom stereocenters. The van der Waals surface area contributed by atoms with Crippen molar-refractivity contribution in [1.82, 2.24) is 0 Å². The Labute approximate surface area is 659 Å². The molecule has 0 spiro atoms. The molecular formula is C86H71ClN10O10S5. The molecule has 5 N–H and O–H groups in total. The number of nitrogens with one attached hydrogen (secondary N) is 5. The zero-order chi connectivity index (χ0) is 80.5. The quantitative estimate of drug-likeness (QED) is 0.0607. The van der Waals surface area contributed by atoms with E-state index >= 15 is 0 Å². The third-order valence-corrected chi connectivity index (χ3v) is 25.8. The lowest BCUT2D eigenvalue weighted by molar-refractivity contribution is 0.599. The van der Waals surface area contributed by atoms with E-state index in [9.17, 15) is 42.1 Å². The second-order valence-corrected chi connectivity index (χ2v) is 35.3. The predicted molar refractivity (Wildman–Crippen MR) is 446 cm³/mol. The van der Waals surface area contributed by atoms with E-state index in [0.29, 0.717) is 62.6 Å². The molecule has 20 nitrogen and oxygen atoms in total. The average Bonchev–Trinajstić information content (AvgIpc) is 1.64. The van der Waals surface area contributed by atoms with Crippen LogP contribution in [-0.4, -0.2) is 42.1 Å². The van der Waals surface area contributed by atoms with Gasteiger partial charge in [-0.2, -0.15) is 0 Å². The van der Waals surface area contributed by atoms with Crippen LogP contribution in [0.25, 0.3) is 52.6 Å². The average molecular weight is 1600 g/mol. The molecule has 0 fully saturated rings. The minimum absolute atomic E-state index is 0.0578. The van der Waals surface area contributed by atoms with Gasteiger partial charge in [-0.15, -0.1) is 0 Å². The van der Waals surface area contributed by atoms with Crippen molar-refractivity contribution in [3.63, 3.8) is 0 Å². The van der Waals surface area contributed by atoms with Gasteiger partial charge in [0.1, 0.15) is 0 Å². The van der Waals surface area contributed by atoms with Crippen LogP contribution in [0.5, 0.6) is 0 Å². The molecule has 0 aromatic heterocycles. The molecule has 26 heteroatoms. The van der Waals surface area contributed by atoms with Crippen molar-refractivity contribution in [3.05, 3.63) is 353 Å². The van der Waals surface area contributed by atoms with Crippen LogP contribution in [0, 0.1) is 39.8 Å². The van der Waals surface area contributed by atoms with E-state index in [1.807, 2.05) is 89.2 Å². The van der Waals surface area contributed by atoms with E-state index in [1.54, 1.807) is 91.0 Å². The number of hydrogen-bond donors (Lipinski definition) is 5. The number of hydrogen-bond acceptors (Lipinski definition) is 10. The van der Waals surface area contributed by atoms with E-state index in [2.05, 4.69) is 79.1 Å². The fourth-order valence-corrected chi connectivity index (χ4v) is 18.9. The summed E-state index contributed by atoms with van der Waals surface area (Å²) in [5, 5.41) is 0.478. The Balaban J connectivity index is 0.000000138. The van der Waals surface area contributed by atoms with Gasteiger partial charge in [0, 0.05) is 16.4 Å². The highest BCUT2D eigenvalue weighted by Crippen LogP contribution is 2.40. The lowest BCUT2D eigenvalue weighted by atomic mass is 9.99. The summed E-state index contributed by atoms with van der Waals surface area (Å²) in [4.78, 5) is 16.8. The lowest BCUT2D eigenvalue weighted by Crippen LogP contribution is -2.14. The first-order valence-electron chi connectivity index (χ1n) is 34.5. The maximum atomic E-state index is 12.6. The van der Waals surface area contributed by atoms with Crippen LogP contribution in [0.15, 0.2) is 255 Å². The molecular weight excluding hydrogens is 1530 g/mol. The Morgan fingerprint density at radius 1 is 0.330 bits per heavy atom. The third-order valence-electron chi connectivity index (χ3n) is 18.7. The number of halogens is 1. The molecule has 562 valence electrons. The van der Waals surface area contributed by atoms with Crippen molar-refractivity contribution in [2.24, 2.45) is 0 Å². The summed E-state index contributed by atoms with van der Waals surface area (Å²) in [5.41, 5.74) is 21.9. The normalized spacial score (nSPS) is 13.2. The molecule has 5 aliphatic rings. The smallest absolute Gasteiger partial charge is 0.260 e. The molecule has 15 rings (SSSR count). The number of nitrogens with zero attached hydrogens (tertiary/aromatic N) is 5. The van der Waals surface area contributed by atoms with Gasteiger partial charge in [0.05, 0.1) is 74.4 Å². The summed E-state index contributed by atoms with van der Waals surface area (Å²) in [7, 11) is -18.6. The Morgan fingerprint density at radius 2 is 0.714 bits per heavy atom. The SMILES string of the molecule is [C-]#[N+]c1cccc(S(=O)(=O)Nc2cc(Cl)cc3c2CC=C3C)c1.[C-]#[N+]c1cccc(S(=O)(=O)Nc2ccc(C)c3c2CC=C3C)c1.[C-]#[N+]c1cccc(S(=O)(=O)Nc2ccc3c(c2)C=C(C)C3)c1.[C-]#[N+]c1cccc(S(=O)(=O)Nc2ccc3c(c2)CC=C3C)c1.[C-]#[N+]c1cccc(S(=O)(=O)Nc2cccc3c2CC=C3C)c1. The molecule has 0 saturated heterocycles. The summed E-state index contributed by atoms with van der Waals surface area (Å²) in [6.45, 7) is 47.1. The van der Waals surface area contributed by atoms with Gasteiger partial charge in [-0.1, -0.05) is 139 Å². The lowest BCUT2D eigenvalue weighted by Gasteiger charge is -2.15. The van der Waals surface area contributed by atoms with E-state index in [1.165, 1.54) is 82.9 Å². The predicted octanol–water partition coefficient (Wildman–Crippen LogP) is 20.9. The molecule has 112 heavy (non-hydrogen) atoms. The number of rotatable bonds is 15. The summed E-state index contributed by atoms with van der Waals surface area (Å²) < 4.78 is 138. The summed E-state index contributed by atoms with van der Waals surface area (Å²) in [6.07, 6.45) is 14.3. The van der Waals surface area contributed by atoms with Crippen LogP contribution < -0.4 is 23.6 Å². The number of anilines is 5. The number of sulfonamides is 5. The highest BCUT2D eigenvalue weighted by atomic mass is 35.5. The first-order valence-corrected chi connectivity index (χ1v) is 42.3. The van der Waals surface area contributed by atoms with Gasteiger partial charge in [-0.25, -0.2) is 66.3 Å². The topological polar surface area (TPSA) is 253 Å². The van der Waals surface area contributed by atoms with Crippen molar-refractivity contribution in [2.45, 2.75) is 98.1 Å². The molecule has 0 bridgehead atoms. The van der Waals surface area contributed by atoms with Gasteiger partial charge in [0.25, 0.3) is 50.1 Å². The van der Waals surface area contributed by atoms with Crippen LogP contribution in [0.2, 0.25) is 5.02 Å². The van der Waals surface area contributed by atoms with E-state index in [4.69, 9.17) is 44.5 Å². The van der Waals surface area contributed by atoms with Crippen LogP contribution in [0.1, 0.15) is 95.8 Å². The van der Waals surface area contributed by atoms with Crippen molar-refractivity contribution in [1.29, 1.82) is 0 Å². The Kier molecular flexibility index (Phi) is 24.2. The molecule has 0 radical (unpaired) electrons. The van der Waals surface area contributed by atoms with Crippen LogP contribution >= 0.6 is 11.6 Å². The first-order chi connectivity index (χ1) is 53.3. The highest BCUT2D eigenvalue weighted by Gasteiger charge is 2.26. The summed E-state index contributed by atoms with van der Waals surface area (Å²) in [5.74, 6) is 0. The van der Waals surface area contributed by atoms with Crippen molar-refractivity contribution in [3.8, 4) is 0 Å². The summed E-state index contributed by atoms with van der Waals surface area (Å²) >= 11 is 6.11. The molecule has 0 saturated carbocycles. The molecule has 10 aromatic carbocycles. The van der Waals surface area contributed by atoms with Crippen molar-refractivity contribution in [2.75, 3.05) is 23.6 Å². The van der Waals surface area contributed by atoms with Crippen LogP contribution in [0.4, 0.5) is 56.9 Å². The van der Waals surface area contributed by atoms with Gasteiger partial charge in [0.15, 0.2) is 28.4 Å². The number of fused-ring (bicyclic) bond motifs is 5. The molecule has 0 atom stereocenters. The van der Waals surface area contributed by atoms with Gasteiger partial charge in [-0.3, -0.25) is 23.6 Å². The molecule has 0 amide bonds. The zero-order valence-corrected chi connectivity index (χ0v) is 66.1. The second kappa shape index (κ2) is 33.7. The van der Waals surface area contributed by atoms with Crippen LogP contribution in [0.3, 0.4) is 0 Å². The maximum Gasteiger partial charge on any atom is 0.260 e. The first kappa shape index (κ1) is 80.4. The van der Waals surface area contributed by atoms with Gasteiger partial charge in [-0.05, 0) is 266 Å². The monoisotopic (exact) mass is 1600 g/mol. The van der Waals surface area contributed by atoms with Crippen molar-refractivity contribution < 1.29 is 42.1 Å². The maximum absolute atomic E-state index is 12.6. The van der Waals surface area contributed by atoms with E-state index in [0.717, 1.165) is 92.5 Å². The zero-order valence-electron chi connectivity index (χ0n) is 61.2. The standard InChI is InChI=1S/C18H16N2O2S.C17H13ClN2O2S.3C17H14N2O2S/c1-12-7-9-16-17(10-8-13(2)18(12)16)20-23(21,22)15-6-4-5-14(11-15)19-3;1-11-6-7-15-16(11)8-12(18)9-17(15)20-23(21,22)14-5-3-4-13(10-14)19-2;1-12-9-10-16-15(12)7-4-8-17(16)19-22(20,21)14-6-3-5-13(11-14)18-2;1-12-8-13-6-7-16(10-14(13)9-12)19-22(20,21)17-5-3-4-15(11-17)18-2;1-12-6-7-13-10-15(8-9-17(12)13)19-22(20,21)16-5-3-4-14(11-16)18-2/h4-8,10-11,20H,9H2,1-2H3;3-6,8-10,20H,7H2,1H3;3-9,11,19H,10H2,1H3;3-7,9-11,19H,8H2,1H3;3-6,8-11,19H,7H2,1H3. The highest BCUT2D eigenvalue weighted by molar-refractivity contribution is 7.94. The van der Waals surface area contributed by atoms with Gasteiger partial charge >= 0.3 is 0 Å². The third kappa shape index (κ3) is 18.8. The minimum Gasteiger partial charge on any atom is -0.280 e. The fraction of sp³-hybridized carbons (Fsp3) is 0.128. The Morgan fingerprint density at radius 3 is 1.20 bits per heavy atom. The molecule has 5 aliphatic carbocycles. The number of allylic oxidation sites excluding steroid dienone is 9. The van der Waals surface area contributed by atoms with E-state index < -0.39 is 50.1 Å². The summed E-state index contributed by atoms with van der Waals surface area (Å²) in [6, 6.07) is 53.9. The van der Waals surface area contributed by atoms with Gasteiger partial charge in [0.2, 0.25) is 0 Å². The van der Waals surface area contributed by atoms with E-state index in [-0.39, 0.29) is 30.2 Å². The van der Waals surface area contributed by atoms with Crippen molar-refractivity contribution >= 4 is 147 Å². The Hall–Kier alpha value is -12.6. The van der Waals surface area contributed by atoms with Gasteiger partial charge < -0.3 is 0 Å². The Bertz CT molecular complexity index is 6530. The largest absolute Gasteiger partial charge is 0.280 e. The molecule has 0 heterocycles.